The van der Waals surface area contributed by atoms with Crippen molar-refractivity contribution in [3.63, 3.8) is 0 Å². The Bertz CT molecular complexity index is 510. The maximum absolute atomic E-state index is 5.77. The standard InChI is InChI=1S/C12H14BrN3O/c1-16-6-5-15-11(16)8-17-12-9(7-14)3-2-4-10(12)13/h2-6H,7-8,14H2,1H3. The Hall–Kier alpha value is -1.33. The zero-order chi connectivity index (χ0) is 12.3. The van der Waals surface area contributed by atoms with Gasteiger partial charge in [0, 0.05) is 31.5 Å². The van der Waals surface area contributed by atoms with Crippen LogP contribution in [0.5, 0.6) is 5.75 Å². The number of imidazole rings is 1. The summed E-state index contributed by atoms with van der Waals surface area (Å²) in [5.74, 6) is 1.67. The minimum Gasteiger partial charge on any atom is -0.484 e. The molecule has 0 amide bonds. The lowest BCUT2D eigenvalue weighted by Gasteiger charge is -2.12. The molecule has 0 aliphatic rings. The van der Waals surface area contributed by atoms with Crippen LogP contribution >= 0.6 is 15.9 Å². The van der Waals surface area contributed by atoms with Crippen LogP contribution in [0.1, 0.15) is 11.4 Å². The molecule has 0 fully saturated rings. The van der Waals surface area contributed by atoms with Crippen molar-refractivity contribution in [2.24, 2.45) is 12.8 Å². The third-order valence-electron chi connectivity index (χ3n) is 2.54. The van der Waals surface area contributed by atoms with E-state index >= 15 is 0 Å². The Morgan fingerprint density at radius 1 is 1.47 bits per heavy atom. The van der Waals surface area contributed by atoms with Crippen LogP contribution in [0.3, 0.4) is 0 Å². The number of nitrogens with zero attached hydrogens (tertiary/aromatic N) is 2. The molecule has 2 aromatic rings. The Labute approximate surface area is 109 Å². The molecule has 2 rings (SSSR count). The van der Waals surface area contributed by atoms with Crippen molar-refractivity contribution < 1.29 is 4.74 Å². The van der Waals surface area contributed by atoms with Crippen molar-refractivity contribution >= 4 is 15.9 Å². The van der Waals surface area contributed by atoms with E-state index in [1.807, 2.05) is 36.0 Å². The van der Waals surface area contributed by atoms with Crippen LogP contribution < -0.4 is 10.5 Å². The van der Waals surface area contributed by atoms with E-state index in [1.165, 1.54) is 0 Å². The van der Waals surface area contributed by atoms with Gasteiger partial charge in [-0.2, -0.15) is 0 Å². The van der Waals surface area contributed by atoms with E-state index in [4.69, 9.17) is 10.5 Å². The van der Waals surface area contributed by atoms with Crippen molar-refractivity contribution in [2.75, 3.05) is 0 Å². The second kappa shape index (κ2) is 5.33. The van der Waals surface area contributed by atoms with Gasteiger partial charge in [-0.15, -0.1) is 0 Å². The van der Waals surface area contributed by atoms with Crippen LogP contribution in [0, 0.1) is 0 Å². The average Bonchev–Trinajstić information content (AvgIpc) is 2.73. The van der Waals surface area contributed by atoms with Gasteiger partial charge in [0.25, 0.3) is 0 Å². The molecular weight excluding hydrogens is 282 g/mol. The van der Waals surface area contributed by atoms with Crippen molar-refractivity contribution in [3.8, 4) is 5.75 Å². The molecule has 1 aromatic heterocycles. The highest BCUT2D eigenvalue weighted by atomic mass is 79.9. The molecular formula is C12H14BrN3O. The lowest BCUT2D eigenvalue weighted by molar-refractivity contribution is 0.287. The summed E-state index contributed by atoms with van der Waals surface area (Å²) >= 11 is 3.46. The average molecular weight is 296 g/mol. The molecule has 4 nitrogen and oxygen atoms in total. The number of rotatable bonds is 4. The first-order valence-electron chi connectivity index (χ1n) is 5.29. The lowest BCUT2D eigenvalue weighted by atomic mass is 10.2. The van der Waals surface area contributed by atoms with Crippen molar-refractivity contribution in [3.05, 3.63) is 46.5 Å². The van der Waals surface area contributed by atoms with E-state index in [1.54, 1.807) is 6.20 Å². The monoisotopic (exact) mass is 295 g/mol. The Morgan fingerprint density at radius 3 is 2.94 bits per heavy atom. The predicted molar refractivity (Wildman–Crippen MR) is 69.6 cm³/mol. The maximum Gasteiger partial charge on any atom is 0.146 e. The van der Waals surface area contributed by atoms with Crippen LogP contribution in [0.15, 0.2) is 35.1 Å². The highest BCUT2D eigenvalue weighted by molar-refractivity contribution is 9.10. The molecule has 0 spiro atoms. The minimum absolute atomic E-state index is 0.430. The second-order valence-corrected chi connectivity index (χ2v) is 4.53. The molecule has 1 heterocycles. The van der Waals surface area contributed by atoms with E-state index in [2.05, 4.69) is 20.9 Å². The number of ether oxygens (including phenoxy) is 1. The van der Waals surface area contributed by atoms with Gasteiger partial charge in [-0.1, -0.05) is 12.1 Å². The summed E-state index contributed by atoms with van der Waals surface area (Å²) < 4.78 is 8.62. The van der Waals surface area contributed by atoms with E-state index in [9.17, 15) is 0 Å². The van der Waals surface area contributed by atoms with Crippen molar-refractivity contribution in [2.45, 2.75) is 13.2 Å². The second-order valence-electron chi connectivity index (χ2n) is 3.68. The van der Waals surface area contributed by atoms with E-state index in [0.29, 0.717) is 13.2 Å². The normalized spacial score (nSPS) is 10.5. The summed E-state index contributed by atoms with van der Waals surface area (Å²) in [6, 6.07) is 5.84. The van der Waals surface area contributed by atoms with Gasteiger partial charge >= 0.3 is 0 Å². The third-order valence-corrected chi connectivity index (χ3v) is 3.16. The molecule has 0 saturated carbocycles. The number of halogens is 1. The van der Waals surface area contributed by atoms with Gasteiger partial charge in [-0.05, 0) is 22.0 Å². The number of para-hydroxylation sites is 1. The predicted octanol–water partition coefficient (Wildman–Crippen LogP) is 2.22. The Morgan fingerprint density at radius 2 is 2.29 bits per heavy atom. The molecule has 17 heavy (non-hydrogen) atoms. The van der Waals surface area contributed by atoms with Gasteiger partial charge in [0.15, 0.2) is 0 Å². The number of aryl methyl sites for hydroxylation is 1. The minimum atomic E-state index is 0.430. The number of aromatic nitrogens is 2. The fourth-order valence-electron chi connectivity index (χ4n) is 1.55. The summed E-state index contributed by atoms with van der Waals surface area (Å²) in [4.78, 5) is 4.21. The lowest BCUT2D eigenvalue weighted by Crippen LogP contribution is -2.06. The first-order chi connectivity index (χ1) is 8.22. The molecule has 0 aliphatic carbocycles. The quantitative estimate of drug-likeness (QED) is 0.941. The van der Waals surface area contributed by atoms with Gasteiger partial charge in [0.1, 0.15) is 18.2 Å². The van der Waals surface area contributed by atoms with Crippen LogP contribution in [-0.2, 0) is 20.2 Å². The molecule has 0 bridgehead atoms. The van der Waals surface area contributed by atoms with E-state index in [0.717, 1.165) is 21.6 Å². The highest BCUT2D eigenvalue weighted by Crippen LogP contribution is 2.29. The first kappa shape index (κ1) is 12.1. The molecule has 90 valence electrons. The zero-order valence-electron chi connectivity index (χ0n) is 9.56. The summed E-state index contributed by atoms with van der Waals surface area (Å²) in [7, 11) is 1.94. The van der Waals surface area contributed by atoms with Crippen LogP contribution in [0.2, 0.25) is 0 Å². The largest absolute Gasteiger partial charge is 0.484 e. The van der Waals surface area contributed by atoms with Gasteiger partial charge in [0.2, 0.25) is 0 Å². The Balaban J connectivity index is 2.16. The van der Waals surface area contributed by atoms with Gasteiger partial charge in [-0.25, -0.2) is 4.98 Å². The number of benzene rings is 1. The number of nitrogens with two attached hydrogens (primary N) is 1. The fourth-order valence-corrected chi connectivity index (χ4v) is 2.07. The third kappa shape index (κ3) is 2.68. The summed E-state index contributed by atoms with van der Waals surface area (Å²) in [6.45, 7) is 0.883. The van der Waals surface area contributed by atoms with E-state index < -0.39 is 0 Å². The maximum atomic E-state index is 5.77. The molecule has 0 unspecified atom stereocenters. The van der Waals surface area contributed by atoms with E-state index in [-0.39, 0.29) is 0 Å². The number of hydrogen-bond acceptors (Lipinski definition) is 3. The number of hydrogen-bond donors (Lipinski definition) is 1. The summed E-state index contributed by atoms with van der Waals surface area (Å²) in [5.41, 5.74) is 6.66. The smallest absolute Gasteiger partial charge is 0.146 e. The summed E-state index contributed by atoms with van der Waals surface area (Å²) in [5, 5.41) is 0. The van der Waals surface area contributed by atoms with Gasteiger partial charge < -0.3 is 15.0 Å². The highest BCUT2D eigenvalue weighted by Gasteiger charge is 2.08. The van der Waals surface area contributed by atoms with Crippen LogP contribution in [-0.4, -0.2) is 9.55 Å². The fraction of sp³-hybridized carbons (Fsp3) is 0.250. The first-order valence-corrected chi connectivity index (χ1v) is 6.08. The molecule has 1 aromatic carbocycles. The van der Waals surface area contributed by atoms with Crippen molar-refractivity contribution in [1.82, 2.24) is 9.55 Å². The molecule has 2 N–H and O–H groups in total. The van der Waals surface area contributed by atoms with Crippen molar-refractivity contribution in [1.29, 1.82) is 0 Å². The summed E-state index contributed by atoms with van der Waals surface area (Å²) in [6.07, 6.45) is 3.64. The van der Waals surface area contributed by atoms with Gasteiger partial charge in [-0.3, -0.25) is 0 Å². The molecule has 5 heteroatoms. The SMILES string of the molecule is Cn1ccnc1COc1c(Br)cccc1CN. The molecule has 0 radical (unpaired) electrons. The van der Waals surface area contributed by atoms with Gasteiger partial charge in [0.05, 0.1) is 4.47 Å². The molecule has 0 saturated heterocycles. The zero-order valence-corrected chi connectivity index (χ0v) is 11.1. The molecule has 0 atom stereocenters. The Kier molecular flexibility index (Phi) is 3.81. The topological polar surface area (TPSA) is 53.1 Å². The molecule has 0 aliphatic heterocycles. The van der Waals surface area contributed by atoms with Crippen LogP contribution in [0.4, 0.5) is 0 Å². The van der Waals surface area contributed by atoms with Crippen LogP contribution in [0.25, 0.3) is 0 Å².